The zero-order valence-electron chi connectivity index (χ0n) is 14.5. The van der Waals surface area contributed by atoms with Crippen LogP contribution in [-0.2, 0) is 15.9 Å². The Morgan fingerprint density at radius 1 is 0.958 bits per heavy atom. The van der Waals surface area contributed by atoms with Crippen LogP contribution < -0.4 is 10.2 Å². The van der Waals surface area contributed by atoms with Crippen LogP contribution in [0.25, 0.3) is 0 Å². The Kier molecular flexibility index (Phi) is 4.78. The van der Waals surface area contributed by atoms with E-state index in [-0.39, 0.29) is 18.3 Å². The average Bonchev–Trinajstić information content (AvgIpc) is 2.75. The molecule has 0 N–H and O–H groups in total. The highest BCUT2D eigenvalue weighted by Crippen LogP contribution is 2.36. The Hall–Kier alpha value is -1.30. The number of rotatable bonds is 4. The summed E-state index contributed by atoms with van der Waals surface area (Å²) >= 11 is 3.50. The highest BCUT2D eigenvalue weighted by Gasteiger charge is 2.51. The lowest BCUT2D eigenvalue weighted by atomic mass is 9.78. The van der Waals surface area contributed by atoms with Gasteiger partial charge in [-0.3, -0.25) is 0 Å². The summed E-state index contributed by atoms with van der Waals surface area (Å²) in [5.74, 6) is 0.832. The molecule has 0 saturated carbocycles. The van der Waals surface area contributed by atoms with Crippen molar-refractivity contribution in [2.45, 2.75) is 45.5 Å². The fourth-order valence-corrected chi connectivity index (χ4v) is 2.93. The van der Waals surface area contributed by atoms with Crippen LogP contribution in [0.3, 0.4) is 0 Å². The molecule has 0 spiro atoms. The van der Waals surface area contributed by atoms with Crippen molar-refractivity contribution < 1.29 is 14.0 Å². The van der Waals surface area contributed by atoms with Crippen molar-refractivity contribution in [1.82, 2.24) is 0 Å². The van der Waals surface area contributed by atoms with Gasteiger partial charge in [0.25, 0.3) is 0 Å². The molecule has 24 heavy (non-hydrogen) atoms. The minimum atomic E-state index is -0.349. The van der Waals surface area contributed by atoms with Gasteiger partial charge in [-0.25, -0.2) is 0 Å². The summed E-state index contributed by atoms with van der Waals surface area (Å²) in [4.78, 5) is 0. The zero-order valence-corrected chi connectivity index (χ0v) is 16.1. The molecular formula is C19H22BBrO3. The van der Waals surface area contributed by atoms with Gasteiger partial charge in [0.05, 0.1) is 15.7 Å². The van der Waals surface area contributed by atoms with Gasteiger partial charge in [-0.2, -0.15) is 0 Å². The lowest BCUT2D eigenvalue weighted by Crippen LogP contribution is -2.41. The first-order valence-corrected chi connectivity index (χ1v) is 8.90. The molecule has 1 fully saturated rings. The second kappa shape index (κ2) is 6.55. The van der Waals surface area contributed by atoms with E-state index in [0.29, 0.717) is 6.61 Å². The zero-order chi connectivity index (χ0) is 17.4. The summed E-state index contributed by atoms with van der Waals surface area (Å²) in [5, 5.41) is 0. The van der Waals surface area contributed by atoms with Crippen molar-refractivity contribution >= 4 is 28.5 Å². The van der Waals surface area contributed by atoms with E-state index in [4.69, 9.17) is 14.0 Å². The van der Waals surface area contributed by atoms with Gasteiger partial charge in [0.2, 0.25) is 0 Å². The molecule has 1 aliphatic heterocycles. The average molecular weight is 389 g/mol. The summed E-state index contributed by atoms with van der Waals surface area (Å²) in [6, 6.07) is 16.0. The number of hydrogen-bond donors (Lipinski definition) is 0. The second-order valence-corrected chi connectivity index (χ2v) is 7.91. The number of halogens is 1. The third kappa shape index (κ3) is 3.53. The van der Waals surface area contributed by atoms with E-state index in [1.54, 1.807) is 0 Å². The molecule has 1 heterocycles. The van der Waals surface area contributed by atoms with Crippen molar-refractivity contribution in [2.24, 2.45) is 0 Å². The second-order valence-electron chi connectivity index (χ2n) is 7.05. The molecule has 2 aromatic carbocycles. The predicted octanol–water partition coefficient (Wildman–Crippen LogP) is 4.33. The molecule has 2 aromatic rings. The van der Waals surface area contributed by atoms with Gasteiger partial charge < -0.3 is 14.0 Å². The third-order valence-electron chi connectivity index (χ3n) is 4.71. The van der Waals surface area contributed by atoms with Crippen LogP contribution in [0.15, 0.2) is 53.0 Å². The summed E-state index contributed by atoms with van der Waals surface area (Å²) < 4.78 is 19.1. The van der Waals surface area contributed by atoms with Gasteiger partial charge >= 0.3 is 7.12 Å². The molecule has 0 atom stereocenters. The van der Waals surface area contributed by atoms with E-state index in [9.17, 15) is 0 Å². The largest absolute Gasteiger partial charge is 0.494 e. The van der Waals surface area contributed by atoms with E-state index < -0.39 is 0 Å². The van der Waals surface area contributed by atoms with Gasteiger partial charge in [-0.05, 0) is 66.8 Å². The number of hydrogen-bond acceptors (Lipinski definition) is 3. The molecule has 0 aromatic heterocycles. The standard InChI is InChI=1S/C19H22BBrO3/c1-18(2)19(3,4)24-20(23-18)15-9-7-8-14(12-15)13-22-17-11-6-5-10-16(17)21/h5-12H,13H2,1-4H3. The van der Waals surface area contributed by atoms with Gasteiger partial charge in [0, 0.05) is 0 Å². The molecule has 126 valence electrons. The molecule has 1 saturated heterocycles. The topological polar surface area (TPSA) is 27.7 Å². The Labute approximate surface area is 152 Å². The summed E-state index contributed by atoms with van der Waals surface area (Å²) in [5.41, 5.74) is 1.43. The first-order chi connectivity index (χ1) is 11.3. The quantitative estimate of drug-likeness (QED) is 0.729. The van der Waals surface area contributed by atoms with E-state index in [1.807, 2.05) is 42.5 Å². The van der Waals surface area contributed by atoms with Crippen LogP contribution in [0.2, 0.25) is 0 Å². The number of benzene rings is 2. The lowest BCUT2D eigenvalue weighted by Gasteiger charge is -2.32. The maximum Gasteiger partial charge on any atom is 0.494 e. The molecule has 5 heteroatoms. The normalized spacial score (nSPS) is 18.6. The van der Waals surface area contributed by atoms with E-state index in [0.717, 1.165) is 21.2 Å². The molecular weight excluding hydrogens is 367 g/mol. The third-order valence-corrected chi connectivity index (χ3v) is 5.36. The minimum Gasteiger partial charge on any atom is -0.488 e. The minimum absolute atomic E-state index is 0.334. The summed E-state index contributed by atoms with van der Waals surface area (Å²) in [6.45, 7) is 8.75. The Bertz CT molecular complexity index is 714. The van der Waals surface area contributed by atoms with Crippen LogP contribution in [0.1, 0.15) is 33.3 Å². The first-order valence-electron chi connectivity index (χ1n) is 8.10. The molecule has 3 rings (SSSR count). The summed E-state index contributed by atoms with van der Waals surface area (Å²) in [6.07, 6.45) is 0. The predicted molar refractivity (Wildman–Crippen MR) is 101 cm³/mol. The highest BCUT2D eigenvalue weighted by molar-refractivity contribution is 9.10. The smallest absolute Gasteiger partial charge is 0.488 e. The molecule has 0 amide bonds. The van der Waals surface area contributed by atoms with Gasteiger partial charge in [-0.15, -0.1) is 0 Å². The molecule has 0 bridgehead atoms. The fourth-order valence-electron chi connectivity index (χ4n) is 2.53. The van der Waals surface area contributed by atoms with E-state index in [1.165, 1.54) is 0 Å². The highest BCUT2D eigenvalue weighted by atomic mass is 79.9. The number of ether oxygens (including phenoxy) is 1. The maximum atomic E-state index is 6.12. The Balaban J connectivity index is 1.72. The van der Waals surface area contributed by atoms with E-state index >= 15 is 0 Å². The number of para-hydroxylation sites is 1. The van der Waals surface area contributed by atoms with Crippen LogP contribution in [0.4, 0.5) is 0 Å². The van der Waals surface area contributed by atoms with Crippen LogP contribution >= 0.6 is 15.9 Å². The molecule has 1 aliphatic rings. The van der Waals surface area contributed by atoms with Crippen LogP contribution in [-0.4, -0.2) is 18.3 Å². The fraction of sp³-hybridized carbons (Fsp3) is 0.368. The Morgan fingerprint density at radius 2 is 1.62 bits per heavy atom. The maximum absolute atomic E-state index is 6.12. The molecule has 3 nitrogen and oxygen atoms in total. The van der Waals surface area contributed by atoms with Crippen LogP contribution in [0, 0.1) is 0 Å². The first kappa shape index (κ1) is 17.5. The van der Waals surface area contributed by atoms with Crippen molar-refractivity contribution in [3.05, 3.63) is 58.6 Å². The van der Waals surface area contributed by atoms with Gasteiger partial charge in [-0.1, -0.05) is 36.4 Å². The molecule has 0 unspecified atom stereocenters. The van der Waals surface area contributed by atoms with Crippen LogP contribution in [0.5, 0.6) is 5.75 Å². The summed E-state index contributed by atoms with van der Waals surface area (Å²) in [7, 11) is -0.349. The van der Waals surface area contributed by atoms with Crippen molar-refractivity contribution in [3.8, 4) is 5.75 Å². The SMILES string of the molecule is CC1(C)OB(c2cccc(COc3ccccc3Br)c2)OC1(C)C. The van der Waals surface area contributed by atoms with Gasteiger partial charge in [0.1, 0.15) is 12.4 Å². The van der Waals surface area contributed by atoms with Crippen molar-refractivity contribution in [2.75, 3.05) is 0 Å². The monoisotopic (exact) mass is 388 g/mol. The lowest BCUT2D eigenvalue weighted by molar-refractivity contribution is 0.00578. The molecule has 0 radical (unpaired) electrons. The van der Waals surface area contributed by atoms with Gasteiger partial charge in [0.15, 0.2) is 0 Å². The Morgan fingerprint density at radius 3 is 2.29 bits per heavy atom. The van der Waals surface area contributed by atoms with E-state index in [2.05, 4.69) is 49.7 Å². The molecule has 0 aliphatic carbocycles. The van der Waals surface area contributed by atoms with Crippen molar-refractivity contribution in [3.63, 3.8) is 0 Å². The van der Waals surface area contributed by atoms with Crippen molar-refractivity contribution in [1.29, 1.82) is 0 Å².